The van der Waals surface area contributed by atoms with Crippen LogP contribution in [-0.4, -0.2) is 36.0 Å². The van der Waals surface area contributed by atoms with Crippen LogP contribution >= 0.6 is 0 Å². The standard InChI is InChI=1S/C8H11F3N2O2/c9-8(10,11)5-1-3-13(4-2-5)7(15)6(12)14/h5H,1-4H2,(H2,12,14). The molecule has 0 unspecified atom stereocenters. The van der Waals surface area contributed by atoms with Crippen molar-refractivity contribution in [3.05, 3.63) is 0 Å². The van der Waals surface area contributed by atoms with Gasteiger partial charge in [-0.1, -0.05) is 0 Å². The number of primary amides is 1. The Labute approximate surface area is 84.2 Å². The van der Waals surface area contributed by atoms with E-state index in [2.05, 4.69) is 0 Å². The van der Waals surface area contributed by atoms with Gasteiger partial charge in [0, 0.05) is 13.1 Å². The van der Waals surface area contributed by atoms with Crippen molar-refractivity contribution in [1.29, 1.82) is 0 Å². The highest BCUT2D eigenvalue weighted by molar-refractivity contribution is 6.34. The number of nitrogens with two attached hydrogens (primary N) is 1. The van der Waals surface area contributed by atoms with Gasteiger partial charge in [-0.3, -0.25) is 9.59 Å². The van der Waals surface area contributed by atoms with E-state index < -0.39 is 23.9 Å². The van der Waals surface area contributed by atoms with E-state index in [1.807, 2.05) is 0 Å². The van der Waals surface area contributed by atoms with E-state index in [1.165, 1.54) is 0 Å². The minimum atomic E-state index is -4.22. The van der Waals surface area contributed by atoms with E-state index in [1.54, 1.807) is 0 Å². The maximum atomic E-state index is 12.2. The van der Waals surface area contributed by atoms with Gasteiger partial charge in [-0.15, -0.1) is 0 Å². The predicted octanol–water partition coefficient (Wildman–Crippen LogP) is 0.273. The van der Waals surface area contributed by atoms with E-state index in [0.717, 1.165) is 4.90 Å². The molecule has 0 aromatic heterocycles. The quantitative estimate of drug-likeness (QED) is 0.600. The van der Waals surface area contributed by atoms with Gasteiger partial charge in [0.1, 0.15) is 0 Å². The molecule has 7 heteroatoms. The van der Waals surface area contributed by atoms with E-state index in [9.17, 15) is 22.8 Å². The Hall–Kier alpha value is -1.27. The first-order chi connectivity index (χ1) is 6.82. The molecule has 1 aliphatic rings. The number of hydrogen-bond acceptors (Lipinski definition) is 2. The van der Waals surface area contributed by atoms with Gasteiger partial charge in [0.15, 0.2) is 0 Å². The van der Waals surface area contributed by atoms with Gasteiger partial charge < -0.3 is 10.6 Å². The molecule has 0 saturated carbocycles. The molecule has 0 radical (unpaired) electrons. The van der Waals surface area contributed by atoms with Crippen LogP contribution in [0.1, 0.15) is 12.8 Å². The molecule has 0 bridgehead atoms. The molecule has 86 valence electrons. The number of carbonyl (C=O) groups excluding carboxylic acids is 2. The number of piperidine rings is 1. The fourth-order valence-electron chi connectivity index (χ4n) is 1.57. The van der Waals surface area contributed by atoms with Crippen molar-refractivity contribution in [2.75, 3.05) is 13.1 Å². The number of carbonyl (C=O) groups is 2. The SMILES string of the molecule is NC(=O)C(=O)N1CCC(C(F)(F)F)CC1. The van der Waals surface area contributed by atoms with Gasteiger partial charge >= 0.3 is 18.0 Å². The molecule has 1 fully saturated rings. The first kappa shape index (κ1) is 11.8. The largest absolute Gasteiger partial charge is 0.391 e. The van der Waals surface area contributed by atoms with Gasteiger partial charge in [0.05, 0.1) is 5.92 Å². The van der Waals surface area contributed by atoms with Crippen LogP contribution in [0.4, 0.5) is 13.2 Å². The van der Waals surface area contributed by atoms with E-state index >= 15 is 0 Å². The van der Waals surface area contributed by atoms with Crippen molar-refractivity contribution in [3.8, 4) is 0 Å². The lowest BCUT2D eigenvalue weighted by Crippen LogP contribution is -2.46. The highest BCUT2D eigenvalue weighted by atomic mass is 19.4. The molecule has 1 heterocycles. The second kappa shape index (κ2) is 4.08. The molecule has 0 atom stereocenters. The van der Waals surface area contributed by atoms with Crippen LogP contribution in [0.5, 0.6) is 0 Å². The maximum absolute atomic E-state index is 12.2. The Balaban J connectivity index is 2.50. The minimum Gasteiger partial charge on any atom is -0.361 e. The summed E-state index contributed by atoms with van der Waals surface area (Å²) in [5.74, 6) is -3.41. The van der Waals surface area contributed by atoms with Crippen molar-refractivity contribution in [3.63, 3.8) is 0 Å². The Bertz CT molecular complexity index is 270. The molecule has 2 amide bonds. The molecule has 0 aromatic rings. The fraction of sp³-hybridized carbons (Fsp3) is 0.750. The van der Waals surface area contributed by atoms with Crippen LogP contribution in [0.3, 0.4) is 0 Å². The van der Waals surface area contributed by atoms with Gasteiger partial charge in [-0.25, -0.2) is 0 Å². The van der Waals surface area contributed by atoms with Crippen molar-refractivity contribution in [1.82, 2.24) is 4.90 Å². The van der Waals surface area contributed by atoms with Gasteiger partial charge in [0.25, 0.3) is 0 Å². The van der Waals surface area contributed by atoms with Crippen LogP contribution in [0.15, 0.2) is 0 Å². The number of alkyl halides is 3. The van der Waals surface area contributed by atoms with Crippen LogP contribution in [0.2, 0.25) is 0 Å². The Morgan fingerprint density at radius 1 is 1.20 bits per heavy atom. The maximum Gasteiger partial charge on any atom is 0.391 e. The van der Waals surface area contributed by atoms with E-state index in [0.29, 0.717) is 0 Å². The van der Waals surface area contributed by atoms with Crippen LogP contribution in [0, 0.1) is 5.92 Å². The number of hydrogen-bond donors (Lipinski definition) is 1. The van der Waals surface area contributed by atoms with Crippen LogP contribution < -0.4 is 5.73 Å². The lowest BCUT2D eigenvalue weighted by molar-refractivity contribution is -0.186. The fourth-order valence-corrected chi connectivity index (χ4v) is 1.57. The summed E-state index contributed by atoms with van der Waals surface area (Å²) in [5, 5.41) is 0. The summed E-state index contributed by atoms with van der Waals surface area (Å²) in [6, 6.07) is 0. The average Bonchev–Trinajstić information content (AvgIpc) is 2.15. The van der Waals surface area contributed by atoms with Gasteiger partial charge in [-0.05, 0) is 12.8 Å². The Kier molecular flexibility index (Phi) is 3.21. The van der Waals surface area contributed by atoms with Crippen molar-refractivity contribution < 1.29 is 22.8 Å². The third-order valence-corrected chi connectivity index (χ3v) is 2.46. The molecule has 1 saturated heterocycles. The molecule has 4 nitrogen and oxygen atoms in total. The van der Waals surface area contributed by atoms with E-state index in [4.69, 9.17) is 5.73 Å². The van der Waals surface area contributed by atoms with Crippen molar-refractivity contribution >= 4 is 11.8 Å². The first-order valence-electron chi connectivity index (χ1n) is 4.48. The number of halogens is 3. The summed E-state index contributed by atoms with van der Waals surface area (Å²) in [6.07, 6.45) is -4.55. The third kappa shape index (κ3) is 2.84. The first-order valence-corrected chi connectivity index (χ1v) is 4.48. The zero-order chi connectivity index (χ0) is 11.6. The molecule has 0 aromatic carbocycles. The lowest BCUT2D eigenvalue weighted by atomic mass is 9.96. The van der Waals surface area contributed by atoms with Crippen LogP contribution in [0.25, 0.3) is 0 Å². The smallest absolute Gasteiger partial charge is 0.361 e. The average molecular weight is 224 g/mol. The normalized spacial score (nSPS) is 19.0. The monoisotopic (exact) mass is 224 g/mol. The van der Waals surface area contributed by atoms with Gasteiger partial charge in [-0.2, -0.15) is 13.2 Å². The zero-order valence-corrected chi connectivity index (χ0v) is 7.88. The van der Waals surface area contributed by atoms with Crippen molar-refractivity contribution in [2.45, 2.75) is 19.0 Å². The zero-order valence-electron chi connectivity index (χ0n) is 7.88. The number of likely N-dealkylation sites (tertiary alicyclic amines) is 1. The Morgan fingerprint density at radius 3 is 2.00 bits per heavy atom. The molecular weight excluding hydrogens is 213 g/mol. The molecule has 0 aliphatic carbocycles. The number of amides is 2. The second-order valence-corrected chi connectivity index (χ2v) is 3.47. The summed E-state index contributed by atoms with van der Waals surface area (Å²) in [7, 11) is 0. The highest BCUT2D eigenvalue weighted by Gasteiger charge is 2.42. The van der Waals surface area contributed by atoms with Crippen molar-refractivity contribution in [2.24, 2.45) is 11.7 Å². The van der Waals surface area contributed by atoms with Crippen LogP contribution in [-0.2, 0) is 9.59 Å². The summed E-state index contributed by atoms with van der Waals surface area (Å²) in [6.45, 7) is -0.127. The predicted molar refractivity (Wildman–Crippen MR) is 44.6 cm³/mol. The third-order valence-electron chi connectivity index (χ3n) is 2.46. The lowest BCUT2D eigenvalue weighted by Gasteiger charge is -2.32. The molecule has 2 N–H and O–H groups in total. The Morgan fingerprint density at radius 2 is 1.67 bits per heavy atom. The topological polar surface area (TPSA) is 63.4 Å². The summed E-state index contributed by atoms with van der Waals surface area (Å²) < 4.78 is 36.7. The number of nitrogens with zero attached hydrogens (tertiary/aromatic N) is 1. The minimum absolute atomic E-state index is 0.0635. The van der Waals surface area contributed by atoms with Gasteiger partial charge in [0.2, 0.25) is 0 Å². The molecule has 1 aliphatic heterocycles. The summed E-state index contributed by atoms with van der Waals surface area (Å²) >= 11 is 0. The summed E-state index contributed by atoms with van der Waals surface area (Å²) in [5.41, 5.74) is 4.73. The number of rotatable bonds is 0. The highest BCUT2D eigenvalue weighted by Crippen LogP contribution is 2.33. The molecular formula is C8H11F3N2O2. The molecule has 15 heavy (non-hydrogen) atoms. The second-order valence-electron chi connectivity index (χ2n) is 3.47. The summed E-state index contributed by atoms with van der Waals surface area (Å²) in [4.78, 5) is 22.6. The molecule has 1 rings (SSSR count). The van der Waals surface area contributed by atoms with E-state index in [-0.39, 0.29) is 25.9 Å². The molecule has 0 spiro atoms.